The lowest BCUT2D eigenvalue weighted by atomic mass is 10.1. The number of halogens is 1. The van der Waals surface area contributed by atoms with Crippen molar-refractivity contribution >= 4 is 22.5 Å². The van der Waals surface area contributed by atoms with Crippen LogP contribution in [0.1, 0.15) is 23.0 Å². The van der Waals surface area contributed by atoms with Crippen molar-refractivity contribution in [1.82, 2.24) is 4.98 Å². The SMILES string of the molecule is CCN(C(=O)c1cc2cc(F)ccc2nc1C)c1ccccc1. The fourth-order valence-electron chi connectivity index (χ4n) is 2.66. The second-order valence-corrected chi connectivity index (χ2v) is 5.34. The number of hydrogen-bond acceptors (Lipinski definition) is 2. The second-order valence-electron chi connectivity index (χ2n) is 5.34. The smallest absolute Gasteiger partial charge is 0.260 e. The molecule has 0 aliphatic heterocycles. The quantitative estimate of drug-likeness (QED) is 0.720. The molecule has 116 valence electrons. The molecule has 0 saturated heterocycles. The third-order valence-corrected chi connectivity index (χ3v) is 3.83. The number of rotatable bonds is 3. The molecule has 0 bridgehead atoms. The van der Waals surface area contributed by atoms with Crippen molar-refractivity contribution in [1.29, 1.82) is 0 Å². The van der Waals surface area contributed by atoms with Gasteiger partial charge in [0.05, 0.1) is 16.8 Å². The zero-order valence-corrected chi connectivity index (χ0v) is 13.1. The Morgan fingerprint density at radius 2 is 1.87 bits per heavy atom. The third-order valence-electron chi connectivity index (χ3n) is 3.83. The molecule has 3 aromatic rings. The van der Waals surface area contributed by atoms with Gasteiger partial charge in [-0.2, -0.15) is 0 Å². The maximum absolute atomic E-state index is 13.4. The highest BCUT2D eigenvalue weighted by molar-refractivity contribution is 6.08. The molecule has 0 fully saturated rings. The number of fused-ring (bicyclic) bond motifs is 1. The standard InChI is InChI=1S/C19H17FN2O/c1-3-22(16-7-5-4-6-8-16)19(23)17-12-14-11-15(20)9-10-18(14)21-13(17)2/h4-12H,3H2,1-2H3. The number of carbonyl (C=O) groups is 1. The van der Waals surface area contributed by atoms with Crippen LogP contribution in [-0.2, 0) is 0 Å². The number of para-hydroxylation sites is 1. The highest BCUT2D eigenvalue weighted by Gasteiger charge is 2.19. The minimum Gasteiger partial charge on any atom is -0.309 e. The summed E-state index contributed by atoms with van der Waals surface area (Å²) in [5.41, 5.74) is 2.65. The molecule has 1 amide bonds. The Kier molecular flexibility index (Phi) is 4.06. The minimum absolute atomic E-state index is 0.130. The zero-order chi connectivity index (χ0) is 16.4. The molecule has 23 heavy (non-hydrogen) atoms. The fraction of sp³-hybridized carbons (Fsp3) is 0.158. The number of benzene rings is 2. The first-order chi connectivity index (χ1) is 11.1. The summed E-state index contributed by atoms with van der Waals surface area (Å²) in [4.78, 5) is 19.0. The first-order valence-electron chi connectivity index (χ1n) is 7.54. The van der Waals surface area contributed by atoms with E-state index in [2.05, 4.69) is 4.98 Å². The monoisotopic (exact) mass is 308 g/mol. The van der Waals surface area contributed by atoms with Gasteiger partial charge in [-0.05, 0) is 50.2 Å². The Bertz CT molecular complexity index is 862. The van der Waals surface area contributed by atoms with Gasteiger partial charge in [0, 0.05) is 17.6 Å². The van der Waals surface area contributed by atoms with Gasteiger partial charge in [-0.1, -0.05) is 18.2 Å². The van der Waals surface area contributed by atoms with E-state index >= 15 is 0 Å². The number of carbonyl (C=O) groups excluding carboxylic acids is 1. The Balaban J connectivity index is 2.07. The van der Waals surface area contributed by atoms with Gasteiger partial charge in [-0.15, -0.1) is 0 Å². The number of pyridine rings is 1. The summed E-state index contributed by atoms with van der Waals surface area (Å²) in [5, 5.41) is 0.628. The van der Waals surface area contributed by atoms with Crippen LogP contribution in [0.5, 0.6) is 0 Å². The summed E-state index contributed by atoms with van der Waals surface area (Å²) in [6, 6.07) is 15.6. The summed E-state index contributed by atoms with van der Waals surface area (Å²) in [7, 11) is 0. The Hall–Kier alpha value is -2.75. The van der Waals surface area contributed by atoms with Crippen LogP contribution in [-0.4, -0.2) is 17.4 Å². The van der Waals surface area contributed by atoms with Gasteiger partial charge in [0.1, 0.15) is 5.82 Å². The second kappa shape index (κ2) is 6.16. The summed E-state index contributed by atoms with van der Waals surface area (Å²) < 4.78 is 13.4. The molecular weight excluding hydrogens is 291 g/mol. The van der Waals surface area contributed by atoms with Crippen LogP contribution in [0.15, 0.2) is 54.6 Å². The number of hydrogen-bond donors (Lipinski definition) is 0. The van der Waals surface area contributed by atoms with E-state index < -0.39 is 0 Å². The van der Waals surface area contributed by atoms with E-state index in [-0.39, 0.29) is 11.7 Å². The lowest BCUT2D eigenvalue weighted by molar-refractivity contribution is 0.0987. The van der Waals surface area contributed by atoms with Crippen LogP contribution in [0, 0.1) is 12.7 Å². The average Bonchev–Trinajstić information content (AvgIpc) is 2.56. The molecule has 1 aromatic heterocycles. The lowest BCUT2D eigenvalue weighted by Gasteiger charge is -2.22. The largest absolute Gasteiger partial charge is 0.309 e. The number of aryl methyl sites for hydroxylation is 1. The van der Waals surface area contributed by atoms with Crippen LogP contribution < -0.4 is 4.90 Å². The molecule has 0 atom stereocenters. The number of nitrogens with zero attached hydrogens (tertiary/aromatic N) is 2. The highest BCUT2D eigenvalue weighted by atomic mass is 19.1. The minimum atomic E-state index is -0.336. The van der Waals surface area contributed by atoms with Crippen LogP contribution in [0.2, 0.25) is 0 Å². The number of amides is 1. The van der Waals surface area contributed by atoms with E-state index in [1.54, 1.807) is 24.0 Å². The average molecular weight is 308 g/mol. The summed E-state index contributed by atoms with van der Waals surface area (Å²) >= 11 is 0. The molecule has 2 aromatic carbocycles. The topological polar surface area (TPSA) is 33.2 Å². The van der Waals surface area contributed by atoms with E-state index in [0.717, 1.165) is 5.69 Å². The molecular formula is C19H17FN2O. The van der Waals surface area contributed by atoms with Gasteiger partial charge in [0.2, 0.25) is 0 Å². The molecule has 0 spiro atoms. The lowest BCUT2D eigenvalue weighted by Crippen LogP contribution is -2.31. The summed E-state index contributed by atoms with van der Waals surface area (Å²) in [6.07, 6.45) is 0. The van der Waals surface area contributed by atoms with Crippen molar-refractivity contribution in [2.45, 2.75) is 13.8 Å². The van der Waals surface area contributed by atoms with Gasteiger partial charge in [-0.25, -0.2) is 4.39 Å². The van der Waals surface area contributed by atoms with Crippen LogP contribution >= 0.6 is 0 Å². The molecule has 3 rings (SSSR count). The Morgan fingerprint density at radius 1 is 1.13 bits per heavy atom. The molecule has 0 N–H and O–H groups in total. The maximum atomic E-state index is 13.4. The van der Waals surface area contributed by atoms with Crippen LogP contribution in [0.4, 0.5) is 10.1 Å². The predicted octanol–water partition coefficient (Wildman–Crippen LogP) is 4.35. The van der Waals surface area contributed by atoms with Crippen molar-refractivity contribution in [3.8, 4) is 0 Å². The van der Waals surface area contributed by atoms with Gasteiger partial charge in [0.15, 0.2) is 0 Å². The third kappa shape index (κ3) is 2.93. The van der Waals surface area contributed by atoms with Crippen LogP contribution in [0.25, 0.3) is 10.9 Å². The normalized spacial score (nSPS) is 10.7. The first kappa shape index (κ1) is 15.2. The van der Waals surface area contributed by atoms with Crippen molar-refractivity contribution in [2.75, 3.05) is 11.4 Å². The molecule has 3 nitrogen and oxygen atoms in total. The zero-order valence-electron chi connectivity index (χ0n) is 13.1. The van der Waals surface area contributed by atoms with Crippen molar-refractivity contribution < 1.29 is 9.18 Å². The molecule has 1 heterocycles. The highest BCUT2D eigenvalue weighted by Crippen LogP contribution is 2.22. The maximum Gasteiger partial charge on any atom is 0.260 e. The van der Waals surface area contributed by atoms with Gasteiger partial charge in [-0.3, -0.25) is 9.78 Å². The van der Waals surface area contributed by atoms with E-state index in [0.29, 0.717) is 28.7 Å². The first-order valence-corrected chi connectivity index (χ1v) is 7.54. The Morgan fingerprint density at radius 3 is 2.57 bits per heavy atom. The van der Waals surface area contributed by atoms with Gasteiger partial charge < -0.3 is 4.90 Å². The van der Waals surface area contributed by atoms with Crippen molar-refractivity contribution in [3.63, 3.8) is 0 Å². The molecule has 0 aliphatic carbocycles. The molecule has 0 saturated carbocycles. The summed E-state index contributed by atoms with van der Waals surface area (Å²) in [6.45, 7) is 4.27. The predicted molar refractivity (Wildman–Crippen MR) is 90.2 cm³/mol. The molecule has 0 unspecified atom stereocenters. The molecule has 0 aliphatic rings. The molecule has 0 radical (unpaired) electrons. The number of aromatic nitrogens is 1. The number of anilines is 1. The van der Waals surface area contributed by atoms with Crippen molar-refractivity contribution in [2.24, 2.45) is 0 Å². The van der Waals surface area contributed by atoms with Gasteiger partial charge in [0.25, 0.3) is 5.91 Å². The van der Waals surface area contributed by atoms with E-state index in [1.807, 2.05) is 37.3 Å². The van der Waals surface area contributed by atoms with E-state index in [4.69, 9.17) is 0 Å². The van der Waals surface area contributed by atoms with E-state index in [1.165, 1.54) is 12.1 Å². The van der Waals surface area contributed by atoms with Crippen LogP contribution in [0.3, 0.4) is 0 Å². The molecule has 4 heteroatoms. The summed E-state index contributed by atoms with van der Waals surface area (Å²) in [5.74, 6) is -0.466. The van der Waals surface area contributed by atoms with Crippen molar-refractivity contribution in [3.05, 3.63) is 71.7 Å². The van der Waals surface area contributed by atoms with E-state index in [9.17, 15) is 9.18 Å². The Labute approximate surface area is 134 Å². The fourth-order valence-corrected chi connectivity index (χ4v) is 2.66. The van der Waals surface area contributed by atoms with Gasteiger partial charge >= 0.3 is 0 Å².